The van der Waals surface area contributed by atoms with E-state index in [4.69, 9.17) is 10.2 Å². The second kappa shape index (κ2) is 4.96. The first-order valence-corrected chi connectivity index (χ1v) is 6.28. The Balaban J connectivity index is 2.85. The van der Waals surface area contributed by atoms with E-state index in [1.165, 1.54) is 0 Å². The van der Waals surface area contributed by atoms with Gasteiger partial charge in [-0.2, -0.15) is 8.42 Å². The van der Waals surface area contributed by atoms with Crippen LogP contribution in [0.1, 0.15) is 12.8 Å². The predicted octanol–water partition coefficient (Wildman–Crippen LogP) is -1.28. The Morgan fingerprint density at radius 3 is 2.53 bits per heavy atom. The number of carboxylic acids is 1. The van der Waals surface area contributed by atoms with Crippen LogP contribution in [-0.2, 0) is 19.8 Å². The van der Waals surface area contributed by atoms with Gasteiger partial charge in [0.2, 0.25) is 5.91 Å². The normalized spacial score (nSPS) is 22.8. The maximum Gasteiger partial charge on any atom is 0.326 e. The van der Waals surface area contributed by atoms with Crippen LogP contribution in [0.3, 0.4) is 0 Å². The number of likely N-dealkylation sites (tertiary alicyclic amines) is 1. The van der Waals surface area contributed by atoms with Crippen molar-refractivity contribution >= 4 is 22.1 Å². The number of nitrogens with zero attached hydrogens (tertiary/aromatic N) is 1. The van der Waals surface area contributed by atoms with Crippen LogP contribution in [0.15, 0.2) is 0 Å². The van der Waals surface area contributed by atoms with Gasteiger partial charge in [0, 0.05) is 26.0 Å². The van der Waals surface area contributed by atoms with Crippen molar-refractivity contribution in [3.63, 3.8) is 0 Å². The van der Waals surface area contributed by atoms with E-state index in [0.29, 0.717) is 0 Å². The highest BCUT2D eigenvalue weighted by molar-refractivity contribution is 7.87. The third-order valence-corrected chi connectivity index (χ3v) is 3.70. The van der Waals surface area contributed by atoms with E-state index in [2.05, 4.69) is 0 Å². The molecule has 0 aliphatic carbocycles. The highest BCUT2D eigenvalue weighted by Crippen LogP contribution is 2.22. The number of aliphatic hydroxyl groups excluding tert-OH is 1. The lowest BCUT2D eigenvalue weighted by molar-refractivity contribution is -0.148. The monoisotopic (exact) mass is 269 g/mol. The summed E-state index contributed by atoms with van der Waals surface area (Å²) in [5.74, 6) is -2.10. The van der Waals surface area contributed by atoms with Gasteiger partial charge >= 0.3 is 16.2 Å². The van der Waals surface area contributed by atoms with Crippen LogP contribution in [0.5, 0.6) is 0 Å². The highest BCUT2D eigenvalue weighted by Gasteiger charge is 2.43. The minimum absolute atomic E-state index is 0.222. The molecule has 7 nitrogen and oxygen atoms in total. The molecule has 2 unspecified atom stereocenters. The van der Waals surface area contributed by atoms with E-state index >= 15 is 0 Å². The molecule has 1 rings (SSSR count). The fourth-order valence-corrected chi connectivity index (χ4v) is 2.40. The largest absolute Gasteiger partial charge is 0.480 e. The van der Waals surface area contributed by atoms with Gasteiger partial charge < -0.3 is 15.1 Å². The summed E-state index contributed by atoms with van der Waals surface area (Å²) in [4.78, 5) is 23.0. The lowest BCUT2D eigenvalue weighted by atomic mass is 10.2. The predicted molar refractivity (Wildman–Crippen MR) is 53.3 cm³/mol. The Morgan fingerprint density at radius 2 is 2.18 bits per heavy atom. The fourth-order valence-electron chi connectivity index (χ4n) is 1.72. The number of carbonyl (C=O) groups excluding carboxylic acids is 1. The van der Waals surface area contributed by atoms with E-state index < -0.39 is 53.0 Å². The zero-order valence-corrected chi connectivity index (χ0v) is 9.56. The number of aliphatic hydroxyl groups is 1. The Kier molecular flexibility index (Phi) is 4.04. The molecule has 1 heterocycles. The molecule has 1 aliphatic heterocycles. The Bertz CT molecular complexity index is 422. The molecule has 1 fully saturated rings. The highest BCUT2D eigenvalue weighted by atomic mass is 32.3. The minimum atomic E-state index is -4.86. The van der Waals surface area contributed by atoms with Gasteiger partial charge in [0.25, 0.3) is 0 Å². The molecule has 1 amide bonds. The molecule has 0 saturated carbocycles. The second-order valence-electron chi connectivity index (χ2n) is 3.71. The first kappa shape index (κ1) is 13.8. The van der Waals surface area contributed by atoms with Crippen LogP contribution in [0.2, 0.25) is 0 Å². The minimum Gasteiger partial charge on any atom is -0.480 e. The summed E-state index contributed by atoms with van der Waals surface area (Å²) < 4.78 is 34.0. The van der Waals surface area contributed by atoms with Crippen LogP contribution in [0.25, 0.3) is 0 Å². The average Bonchev–Trinajstić information content (AvgIpc) is 2.55. The van der Waals surface area contributed by atoms with Crippen LogP contribution in [0, 0.1) is 0 Å². The standard InChI is InChI=1S/C8H12FNO6S/c9-17(15,16)5-3-7(12)10(4-5)6(1-2-11)8(13)14/h5-6,11H,1-4H2,(H,13,14). The van der Waals surface area contributed by atoms with Crippen molar-refractivity contribution in [2.45, 2.75) is 24.1 Å². The summed E-state index contributed by atoms with van der Waals surface area (Å²) in [5, 5.41) is 16.0. The number of halogens is 1. The summed E-state index contributed by atoms with van der Waals surface area (Å²) in [7, 11) is -4.86. The summed E-state index contributed by atoms with van der Waals surface area (Å²) in [6, 6.07) is -1.32. The molecule has 0 spiro atoms. The van der Waals surface area contributed by atoms with Gasteiger partial charge in [-0.05, 0) is 0 Å². The number of amides is 1. The van der Waals surface area contributed by atoms with E-state index in [-0.39, 0.29) is 6.42 Å². The fraction of sp³-hybridized carbons (Fsp3) is 0.750. The van der Waals surface area contributed by atoms with Crippen molar-refractivity contribution in [2.75, 3.05) is 13.2 Å². The SMILES string of the molecule is O=C(O)C(CCO)N1CC(S(=O)(=O)F)CC1=O. The number of rotatable bonds is 5. The van der Waals surface area contributed by atoms with Crippen LogP contribution in [-0.4, -0.2) is 59.9 Å². The van der Waals surface area contributed by atoms with Crippen molar-refractivity contribution in [1.29, 1.82) is 0 Å². The molecular formula is C8H12FNO6S. The molecule has 1 aliphatic rings. The number of aliphatic carboxylic acids is 1. The third kappa shape index (κ3) is 3.13. The smallest absolute Gasteiger partial charge is 0.326 e. The molecule has 1 saturated heterocycles. The molecule has 2 N–H and O–H groups in total. The Hall–Kier alpha value is -1.22. The van der Waals surface area contributed by atoms with E-state index in [0.717, 1.165) is 4.90 Å². The molecule has 0 bridgehead atoms. The van der Waals surface area contributed by atoms with Crippen LogP contribution >= 0.6 is 0 Å². The number of carboxylic acid groups (broad SMARTS) is 1. The van der Waals surface area contributed by atoms with Gasteiger partial charge in [0.1, 0.15) is 11.3 Å². The lowest BCUT2D eigenvalue weighted by Gasteiger charge is -2.23. The van der Waals surface area contributed by atoms with Crippen molar-refractivity contribution in [3.8, 4) is 0 Å². The summed E-state index contributed by atoms with van der Waals surface area (Å²) in [6.45, 7) is -0.956. The first-order valence-electron chi connectivity index (χ1n) is 4.84. The number of hydrogen-bond donors (Lipinski definition) is 2. The molecule has 9 heteroatoms. The summed E-state index contributed by atoms with van der Waals surface area (Å²) >= 11 is 0. The van der Waals surface area contributed by atoms with Gasteiger partial charge in [-0.15, -0.1) is 3.89 Å². The van der Waals surface area contributed by atoms with Gasteiger partial charge in [0.05, 0.1) is 0 Å². The van der Waals surface area contributed by atoms with Gasteiger partial charge in [-0.25, -0.2) is 4.79 Å². The van der Waals surface area contributed by atoms with Gasteiger partial charge in [-0.3, -0.25) is 4.79 Å². The third-order valence-electron chi connectivity index (χ3n) is 2.58. The van der Waals surface area contributed by atoms with Crippen molar-refractivity contribution < 1.29 is 32.1 Å². The van der Waals surface area contributed by atoms with Gasteiger partial charge in [-0.1, -0.05) is 0 Å². The molecule has 0 radical (unpaired) electrons. The Labute approximate surface area is 97.0 Å². The van der Waals surface area contributed by atoms with E-state index in [1.807, 2.05) is 0 Å². The maximum atomic E-state index is 12.7. The lowest BCUT2D eigenvalue weighted by Crippen LogP contribution is -2.43. The summed E-state index contributed by atoms with van der Waals surface area (Å²) in [5.41, 5.74) is 0. The molecule has 2 atom stereocenters. The van der Waals surface area contributed by atoms with Crippen molar-refractivity contribution in [1.82, 2.24) is 4.90 Å². The Morgan fingerprint density at radius 1 is 1.59 bits per heavy atom. The maximum absolute atomic E-state index is 12.7. The molecule has 98 valence electrons. The molecular weight excluding hydrogens is 257 g/mol. The van der Waals surface area contributed by atoms with Gasteiger partial charge in [0.15, 0.2) is 0 Å². The first-order chi connectivity index (χ1) is 7.77. The number of hydrogen-bond acceptors (Lipinski definition) is 5. The molecule has 0 aromatic rings. The molecule has 0 aromatic carbocycles. The molecule has 17 heavy (non-hydrogen) atoms. The number of carbonyl (C=O) groups is 2. The second-order valence-corrected chi connectivity index (χ2v) is 5.33. The zero-order chi connectivity index (χ0) is 13.2. The van der Waals surface area contributed by atoms with Crippen LogP contribution in [0.4, 0.5) is 3.89 Å². The van der Waals surface area contributed by atoms with E-state index in [1.54, 1.807) is 0 Å². The summed E-state index contributed by atoms with van der Waals surface area (Å²) in [6.07, 6.45) is -0.784. The van der Waals surface area contributed by atoms with Crippen molar-refractivity contribution in [2.24, 2.45) is 0 Å². The zero-order valence-electron chi connectivity index (χ0n) is 8.74. The molecule has 0 aromatic heterocycles. The average molecular weight is 269 g/mol. The van der Waals surface area contributed by atoms with Crippen molar-refractivity contribution in [3.05, 3.63) is 0 Å². The van der Waals surface area contributed by atoms with Crippen LogP contribution < -0.4 is 0 Å². The topological polar surface area (TPSA) is 112 Å². The quantitative estimate of drug-likeness (QED) is 0.601. The van der Waals surface area contributed by atoms with E-state index in [9.17, 15) is 21.9 Å².